The summed E-state index contributed by atoms with van der Waals surface area (Å²) in [4.78, 5) is 38.3. The molecule has 10 rings (SSSR count). The topological polar surface area (TPSA) is 84.9 Å². The van der Waals surface area contributed by atoms with E-state index in [0.717, 1.165) is 108 Å². The number of ether oxygens (including phenoxy) is 2. The van der Waals surface area contributed by atoms with Crippen molar-refractivity contribution in [2.45, 2.75) is 32.6 Å². The van der Waals surface area contributed by atoms with Crippen molar-refractivity contribution in [1.29, 1.82) is 0 Å². The minimum absolute atomic E-state index is 0.193. The lowest BCUT2D eigenvalue weighted by Gasteiger charge is -2.26. The second kappa shape index (κ2) is 24.2. The molecule has 0 bridgehead atoms. The Balaban J connectivity index is 0.852. The highest BCUT2D eigenvalue weighted by Crippen LogP contribution is 2.40. The average Bonchev–Trinajstić information content (AvgIpc) is 3.48. The molecule has 0 spiro atoms. The van der Waals surface area contributed by atoms with Crippen LogP contribution in [0.4, 0.5) is 34.1 Å². The molecule has 8 aromatic carbocycles. The monoisotopic (exact) mass is 994 g/mol. The molecule has 0 saturated heterocycles. The number of hydrogen-bond donors (Lipinski definition) is 0. The summed E-state index contributed by atoms with van der Waals surface area (Å²) in [6.45, 7) is 2.29. The molecule has 0 fully saturated rings. The van der Waals surface area contributed by atoms with E-state index in [1.54, 1.807) is 14.0 Å². The standard InChI is InChI=1S/C68H58N4O4/c1-49(73)19-20-50-21-32-60(33-22-50)71(64-17-9-15-56(45-64)52-11-5-3-6-12-52)62-36-26-54(27-37-62)58-30-40-66(69-47-58)67-41-31-59(48-70-67)55-28-38-63(39-29-55)72(65-18-10-16-57(46-65)53-13-7-4-8-14-53)61-34-23-51(24-35-61)25-42-68(74)76-44-43-75-2/h3-18,21-24,26-41,45-48H,19-20,25,42-44H2,1-2H3. The molecule has 374 valence electrons. The van der Waals surface area contributed by atoms with Gasteiger partial charge in [0.15, 0.2) is 0 Å². The summed E-state index contributed by atoms with van der Waals surface area (Å²) in [5.74, 6) is -0.0395. The van der Waals surface area contributed by atoms with Crippen LogP contribution in [0, 0.1) is 0 Å². The zero-order chi connectivity index (χ0) is 52.1. The maximum absolute atomic E-state index is 12.3. The largest absolute Gasteiger partial charge is 0.463 e. The molecule has 2 aromatic heterocycles. The first kappa shape index (κ1) is 50.3. The van der Waals surface area contributed by atoms with Crippen LogP contribution in [0.5, 0.6) is 0 Å². The number of anilines is 6. The molecule has 8 heteroatoms. The molecule has 2 heterocycles. The molecular formula is C68H58N4O4. The Morgan fingerprint density at radius 1 is 0.382 bits per heavy atom. The molecular weight excluding hydrogens is 937 g/mol. The van der Waals surface area contributed by atoms with Crippen molar-refractivity contribution in [2.75, 3.05) is 30.1 Å². The Kier molecular flexibility index (Phi) is 16.0. The Hall–Kier alpha value is -9.24. The molecule has 0 aliphatic heterocycles. The van der Waals surface area contributed by atoms with Crippen molar-refractivity contribution < 1.29 is 19.1 Å². The van der Waals surface area contributed by atoms with Crippen LogP contribution < -0.4 is 9.80 Å². The zero-order valence-corrected chi connectivity index (χ0v) is 42.8. The maximum Gasteiger partial charge on any atom is 0.306 e. The molecule has 0 radical (unpaired) electrons. The quantitative estimate of drug-likeness (QED) is 0.0551. The van der Waals surface area contributed by atoms with E-state index in [4.69, 9.17) is 19.4 Å². The van der Waals surface area contributed by atoms with Crippen molar-refractivity contribution in [3.63, 3.8) is 0 Å². The molecule has 0 N–H and O–H groups in total. The highest BCUT2D eigenvalue weighted by molar-refractivity contribution is 5.83. The normalized spacial score (nSPS) is 11.0. The molecule has 0 amide bonds. The van der Waals surface area contributed by atoms with Crippen molar-refractivity contribution in [3.8, 4) is 55.9 Å². The van der Waals surface area contributed by atoms with Gasteiger partial charge in [0, 0.05) is 77.6 Å². The number of ketones is 1. The van der Waals surface area contributed by atoms with Gasteiger partial charge in [0.25, 0.3) is 0 Å². The van der Waals surface area contributed by atoms with Gasteiger partial charge in [0.1, 0.15) is 12.4 Å². The summed E-state index contributed by atoms with van der Waals surface area (Å²) in [7, 11) is 1.59. The number of rotatable bonds is 20. The van der Waals surface area contributed by atoms with Gasteiger partial charge in [0.05, 0.1) is 18.0 Å². The fraction of sp³-hybridized carbons (Fsp3) is 0.118. The van der Waals surface area contributed by atoms with Crippen molar-refractivity contribution in [1.82, 2.24) is 9.97 Å². The van der Waals surface area contributed by atoms with E-state index in [-0.39, 0.29) is 18.4 Å². The number of nitrogens with zero attached hydrogens (tertiary/aromatic N) is 4. The summed E-state index contributed by atoms with van der Waals surface area (Å²) >= 11 is 0. The van der Waals surface area contributed by atoms with Gasteiger partial charge < -0.3 is 24.1 Å². The van der Waals surface area contributed by atoms with Gasteiger partial charge in [0.2, 0.25) is 0 Å². The van der Waals surface area contributed by atoms with Gasteiger partial charge >= 0.3 is 5.97 Å². The fourth-order valence-electron chi connectivity index (χ4n) is 9.34. The van der Waals surface area contributed by atoms with Gasteiger partial charge in [-0.25, -0.2) is 0 Å². The lowest BCUT2D eigenvalue weighted by molar-refractivity contribution is -0.144. The fourth-order valence-corrected chi connectivity index (χ4v) is 9.34. The number of aromatic nitrogens is 2. The number of methoxy groups -OCH3 is 1. The van der Waals surface area contributed by atoms with Crippen molar-refractivity contribution in [3.05, 3.63) is 254 Å². The summed E-state index contributed by atoms with van der Waals surface area (Å²) in [6.07, 6.45) is 5.97. The highest BCUT2D eigenvalue weighted by atomic mass is 16.6. The Bertz CT molecular complexity index is 3500. The molecule has 0 aliphatic carbocycles. The molecule has 76 heavy (non-hydrogen) atoms. The summed E-state index contributed by atoms with van der Waals surface area (Å²) in [5.41, 5.74) is 18.6. The average molecular weight is 995 g/mol. The minimum atomic E-state index is -0.233. The predicted molar refractivity (Wildman–Crippen MR) is 309 cm³/mol. The number of aryl methyl sites for hydroxylation is 2. The highest BCUT2D eigenvalue weighted by Gasteiger charge is 2.17. The number of esters is 1. The molecule has 0 atom stereocenters. The van der Waals surface area contributed by atoms with Crippen LogP contribution >= 0.6 is 0 Å². The molecule has 0 aliphatic rings. The van der Waals surface area contributed by atoms with Gasteiger partial charge in [-0.1, -0.05) is 146 Å². The van der Waals surface area contributed by atoms with Gasteiger partial charge in [-0.15, -0.1) is 0 Å². The SMILES string of the molecule is COCCOC(=O)CCc1ccc(N(c2ccc(-c3ccc(-c4ccc(-c5ccc(N(c6ccc(CCC(C)=O)cc6)c6cccc(-c7ccccc7)c6)cc5)cn4)nc3)cc2)c2cccc(-c3ccccc3)c2)cc1. The van der Waals surface area contributed by atoms with E-state index in [1.165, 1.54) is 0 Å². The first-order chi connectivity index (χ1) is 37.3. The van der Waals surface area contributed by atoms with E-state index in [2.05, 4.69) is 216 Å². The first-order valence-corrected chi connectivity index (χ1v) is 25.7. The number of carbonyl (C=O) groups excluding carboxylic acids is 2. The molecule has 8 nitrogen and oxygen atoms in total. The second-order valence-corrected chi connectivity index (χ2v) is 18.7. The molecule has 10 aromatic rings. The number of hydrogen-bond acceptors (Lipinski definition) is 8. The van der Waals surface area contributed by atoms with E-state index >= 15 is 0 Å². The minimum Gasteiger partial charge on any atom is -0.463 e. The number of benzene rings is 8. The van der Waals surface area contributed by atoms with Crippen molar-refractivity contribution >= 4 is 45.9 Å². The van der Waals surface area contributed by atoms with Crippen LogP contribution in [0.2, 0.25) is 0 Å². The van der Waals surface area contributed by atoms with E-state index in [0.29, 0.717) is 25.9 Å². The molecule has 0 saturated carbocycles. The summed E-state index contributed by atoms with van der Waals surface area (Å²) in [5, 5.41) is 0. The third-order valence-corrected chi connectivity index (χ3v) is 13.5. The van der Waals surface area contributed by atoms with Crippen LogP contribution in [0.1, 0.15) is 30.9 Å². The second-order valence-electron chi connectivity index (χ2n) is 18.7. The van der Waals surface area contributed by atoms with E-state index in [9.17, 15) is 9.59 Å². The third-order valence-electron chi connectivity index (χ3n) is 13.5. The van der Waals surface area contributed by atoms with Crippen LogP contribution in [0.25, 0.3) is 55.9 Å². The lowest BCUT2D eigenvalue weighted by Crippen LogP contribution is -2.11. The summed E-state index contributed by atoms with van der Waals surface area (Å²) < 4.78 is 10.3. The zero-order valence-electron chi connectivity index (χ0n) is 42.8. The predicted octanol–water partition coefficient (Wildman–Crippen LogP) is 16.4. The van der Waals surface area contributed by atoms with E-state index in [1.807, 2.05) is 36.7 Å². The Morgan fingerprint density at radius 3 is 1.16 bits per heavy atom. The summed E-state index contributed by atoms with van der Waals surface area (Å²) in [6, 6.07) is 80.4. The maximum atomic E-state index is 12.3. The Labute approximate surface area is 445 Å². The van der Waals surface area contributed by atoms with Gasteiger partial charge in [-0.3, -0.25) is 14.8 Å². The van der Waals surface area contributed by atoms with Crippen LogP contribution in [-0.4, -0.2) is 42.0 Å². The van der Waals surface area contributed by atoms with Crippen LogP contribution in [0.15, 0.2) is 243 Å². The number of carbonyl (C=O) groups is 2. The first-order valence-electron chi connectivity index (χ1n) is 25.7. The van der Waals surface area contributed by atoms with E-state index < -0.39 is 0 Å². The van der Waals surface area contributed by atoms with Gasteiger partial charge in [-0.05, 0) is 149 Å². The van der Waals surface area contributed by atoms with Crippen molar-refractivity contribution in [2.24, 2.45) is 0 Å². The smallest absolute Gasteiger partial charge is 0.306 e. The van der Waals surface area contributed by atoms with Gasteiger partial charge in [-0.2, -0.15) is 0 Å². The number of pyridine rings is 2. The van der Waals surface area contributed by atoms with Crippen LogP contribution in [0.3, 0.4) is 0 Å². The Morgan fingerprint density at radius 2 is 0.763 bits per heavy atom. The number of Topliss-reactive ketones (excluding diaryl/α,β-unsaturated/α-hetero) is 1. The van der Waals surface area contributed by atoms with Crippen LogP contribution in [-0.2, 0) is 31.9 Å². The third kappa shape index (κ3) is 12.4. The lowest BCUT2D eigenvalue weighted by atomic mass is 10.0. The molecule has 0 unspecified atom stereocenters.